The van der Waals surface area contributed by atoms with Crippen molar-refractivity contribution < 1.29 is 38.9 Å². The van der Waals surface area contributed by atoms with Crippen molar-refractivity contribution in [2.45, 2.75) is 33.1 Å². The fourth-order valence-electron chi connectivity index (χ4n) is 1.55. The molecule has 0 amide bonds. The number of carbonyl (C=O) groups excluding carboxylic acids is 2. The van der Waals surface area contributed by atoms with E-state index in [1.54, 1.807) is 13.8 Å². The van der Waals surface area contributed by atoms with E-state index in [9.17, 15) is 19.2 Å². The van der Waals surface area contributed by atoms with Gasteiger partial charge in [-0.2, -0.15) is 0 Å². The maximum absolute atomic E-state index is 11.5. The van der Waals surface area contributed by atoms with Crippen molar-refractivity contribution in [3.8, 4) is 0 Å². The number of carbonyl (C=O) groups is 4. The molecule has 0 aliphatic carbocycles. The molecule has 0 aromatic rings. The summed E-state index contributed by atoms with van der Waals surface area (Å²) in [6, 6.07) is 0. The predicted octanol–water partition coefficient (Wildman–Crippen LogP) is 0.749. The molecule has 21 heavy (non-hydrogen) atoms. The molecule has 0 saturated carbocycles. The summed E-state index contributed by atoms with van der Waals surface area (Å²) in [7, 11) is 0. The van der Waals surface area contributed by atoms with Gasteiger partial charge in [-0.15, -0.1) is 0 Å². The lowest BCUT2D eigenvalue weighted by Crippen LogP contribution is -2.16. The van der Waals surface area contributed by atoms with Crippen LogP contribution in [0.4, 0.5) is 0 Å². The van der Waals surface area contributed by atoms with Crippen molar-refractivity contribution in [3.05, 3.63) is 11.1 Å². The SMILES string of the molecule is CCOC(=O)CC(CC(=O)OCC)=C(CC(=O)O)C(=O)O. The molecule has 0 spiro atoms. The van der Waals surface area contributed by atoms with E-state index in [0.717, 1.165) is 0 Å². The molecule has 0 unspecified atom stereocenters. The molecule has 0 radical (unpaired) electrons. The Labute approximate surface area is 121 Å². The molecule has 0 aliphatic rings. The molecule has 2 N–H and O–H groups in total. The normalized spacial score (nSPS) is 9.62. The first-order chi connectivity index (χ1) is 9.81. The molecule has 0 rings (SSSR count). The first kappa shape index (κ1) is 18.6. The molecular formula is C13H18O8. The molecule has 118 valence electrons. The number of carboxylic acids is 2. The molecule has 0 aromatic heterocycles. The fourth-order valence-corrected chi connectivity index (χ4v) is 1.55. The zero-order chi connectivity index (χ0) is 16.4. The number of ether oxygens (including phenoxy) is 2. The molecule has 0 atom stereocenters. The summed E-state index contributed by atoms with van der Waals surface area (Å²) in [5, 5.41) is 17.8. The summed E-state index contributed by atoms with van der Waals surface area (Å²) in [5.41, 5.74) is -0.634. The molecule has 0 fully saturated rings. The van der Waals surface area contributed by atoms with Gasteiger partial charge in [0.05, 0.1) is 32.5 Å². The number of carboxylic acid groups (broad SMARTS) is 2. The van der Waals surface area contributed by atoms with Gasteiger partial charge in [0.15, 0.2) is 0 Å². The van der Waals surface area contributed by atoms with Crippen molar-refractivity contribution in [3.63, 3.8) is 0 Å². The lowest BCUT2D eigenvalue weighted by Gasteiger charge is -2.11. The van der Waals surface area contributed by atoms with Crippen molar-refractivity contribution in [1.82, 2.24) is 0 Å². The van der Waals surface area contributed by atoms with Gasteiger partial charge in [0.2, 0.25) is 0 Å². The third-order valence-corrected chi connectivity index (χ3v) is 2.34. The Morgan fingerprint density at radius 2 is 1.24 bits per heavy atom. The minimum absolute atomic E-state index is 0.0901. The Morgan fingerprint density at radius 1 is 0.810 bits per heavy atom. The van der Waals surface area contributed by atoms with E-state index in [1.165, 1.54) is 0 Å². The lowest BCUT2D eigenvalue weighted by molar-refractivity contribution is -0.143. The van der Waals surface area contributed by atoms with Crippen molar-refractivity contribution in [2.24, 2.45) is 0 Å². The highest BCUT2D eigenvalue weighted by Crippen LogP contribution is 2.19. The maximum atomic E-state index is 11.5. The first-order valence-corrected chi connectivity index (χ1v) is 6.28. The van der Waals surface area contributed by atoms with Crippen molar-refractivity contribution in [1.29, 1.82) is 0 Å². The molecular weight excluding hydrogens is 284 g/mol. The lowest BCUT2D eigenvalue weighted by atomic mass is 9.99. The summed E-state index contributed by atoms with van der Waals surface area (Å²) >= 11 is 0. The van der Waals surface area contributed by atoms with Crippen molar-refractivity contribution >= 4 is 23.9 Å². The van der Waals surface area contributed by atoms with Crippen LogP contribution in [-0.4, -0.2) is 47.3 Å². The van der Waals surface area contributed by atoms with Crippen LogP contribution in [0.1, 0.15) is 33.1 Å². The molecule has 0 aliphatic heterocycles. The van der Waals surface area contributed by atoms with E-state index in [1.807, 2.05) is 0 Å². The van der Waals surface area contributed by atoms with Gasteiger partial charge in [0, 0.05) is 5.57 Å². The van der Waals surface area contributed by atoms with Crippen LogP contribution >= 0.6 is 0 Å². The van der Waals surface area contributed by atoms with Gasteiger partial charge in [-0.1, -0.05) is 0 Å². The van der Waals surface area contributed by atoms with Crippen LogP contribution < -0.4 is 0 Å². The average molecular weight is 302 g/mol. The summed E-state index contributed by atoms with van der Waals surface area (Å²) < 4.78 is 9.37. The van der Waals surface area contributed by atoms with Gasteiger partial charge in [-0.25, -0.2) is 4.79 Å². The smallest absolute Gasteiger partial charge is 0.332 e. The topological polar surface area (TPSA) is 127 Å². The Balaban J connectivity index is 5.39. The third-order valence-electron chi connectivity index (χ3n) is 2.34. The summed E-state index contributed by atoms with van der Waals surface area (Å²) in [6.45, 7) is 3.32. The summed E-state index contributed by atoms with van der Waals surface area (Å²) in [4.78, 5) is 44.8. The highest BCUT2D eigenvalue weighted by Gasteiger charge is 2.22. The number of esters is 2. The second kappa shape index (κ2) is 9.51. The standard InChI is InChI=1S/C13H18O8/c1-3-20-11(16)5-8(6-12(17)21-4-2)9(13(18)19)7-10(14)15/h3-7H2,1-2H3,(H,14,15)(H,18,19). The van der Waals surface area contributed by atoms with Crippen LogP contribution in [0.3, 0.4) is 0 Å². The molecule has 0 bridgehead atoms. The quantitative estimate of drug-likeness (QED) is 0.471. The fraction of sp³-hybridized carbons (Fsp3) is 0.538. The van der Waals surface area contributed by atoms with Gasteiger partial charge in [-0.05, 0) is 19.4 Å². The van der Waals surface area contributed by atoms with Crippen LogP contribution in [0.25, 0.3) is 0 Å². The Hall–Kier alpha value is -2.38. The van der Waals surface area contributed by atoms with Gasteiger partial charge in [-0.3, -0.25) is 14.4 Å². The van der Waals surface area contributed by atoms with Gasteiger partial charge in [0.25, 0.3) is 0 Å². The number of hydrogen-bond donors (Lipinski definition) is 2. The van der Waals surface area contributed by atoms with E-state index < -0.39 is 48.7 Å². The number of aliphatic carboxylic acids is 2. The second-order valence-corrected chi connectivity index (χ2v) is 3.92. The zero-order valence-electron chi connectivity index (χ0n) is 11.9. The Kier molecular flexibility index (Phi) is 8.43. The van der Waals surface area contributed by atoms with Crippen LogP contribution in [0.2, 0.25) is 0 Å². The van der Waals surface area contributed by atoms with E-state index in [-0.39, 0.29) is 18.8 Å². The molecule has 8 heteroatoms. The van der Waals surface area contributed by atoms with E-state index in [2.05, 4.69) is 9.47 Å². The molecule has 0 heterocycles. The molecule has 0 saturated heterocycles. The zero-order valence-corrected chi connectivity index (χ0v) is 11.9. The number of rotatable bonds is 9. The third kappa shape index (κ3) is 7.71. The Bertz CT molecular complexity index is 427. The Morgan fingerprint density at radius 3 is 1.52 bits per heavy atom. The van der Waals surface area contributed by atoms with Crippen LogP contribution in [0, 0.1) is 0 Å². The minimum Gasteiger partial charge on any atom is -0.481 e. The van der Waals surface area contributed by atoms with Crippen LogP contribution in [0.5, 0.6) is 0 Å². The number of hydrogen-bond acceptors (Lipinski definition) is 6. The van der Waals surface area contributed by atoms with Crippen LogP contribution in [-0.2, 0) is 28.7 Å². The van der Waals surface area contributed by atoms with Gasteiger partial charge < -0.3 is 19.7 Å². The highest BCUT2D eigenvalue weighted by atomic mass is 16.5. The van der Waals surface area contributed by atoms with Gasteiger partial charge >= 0.3 is 23.9 Å². The maximum Gasteiger partial charge on any atom is 0.332 e. The first-order valence-electron chi connectivity index (χ1n) is 6.28. The predicted molar refractivity (Wildman–Crippen MR) is 69.4 cm³/mol. The van der Waals surface area contributed by atoms with Gasteiger partial charge in [0.1, 0.15) is 0 Å². The molecule has 0 aromatic carbocycles. The highest BCUT2D eigenvalue weighted by molar-refractivity contribution is 5.95. The second-order valence-electron chi connectivity index (χ2n) is 3.92. The molecule has 8 nitrogen and oxygen atoms in total. The largest absolute Gasteiger partial charge is 0.481 e. The monoisotopic (exact) mass is 302 g/mol. The van der Waals surface area contributed by atoms with Crippen molar-refractivity contribution in [2.75, 3.05) is 13.2 Å². The van der Waals surface area contributed by atoms with E-state index in [4.69, 9.17) is 10.2 Å². The minimum atomic E-state index is -1.50. The van der Waals surface area contributed by atoms with Crippen LogP contribution in [0.15, 0.2) is 11.1 Å². The summed E-state index contributed by atoms with van der Waals surface area (Å²) in [6.07, 6.45) is -1.74. The summed E-state index contributed by atoms with van der Waals surface area (Å²) in [5.74, 6) is -4.35. The average Bonchev–Trinajstić information content (AvgIpc) is 2.35. The van der Waals surface area contributed by atoms with E-state index in [0.29, 0.717) is 0 Å². The van der Waals surface area contributed by atoms with E-state index >= 15 is 0 Å².